The lowest BCUT2D eigenvalue weighted by Crippen LogP contribution is -2.44. The van der Waals surface area contributed by atoms with Crippen LogP contribution in [0.25, 0.3) is 0 Å². The van der Waals surface area contributed by atoms with Gasteiger partial charge in [0, 0.05) is 12.0 Å². The minimum absolute atomic E-state index is 0.137. The highest BCUT2D eigenvalue weighted by molar-refractivity contribution is 5.79. The van der Waals surface area contributed by atoms with E-state index in [0.717, 1.165) is 25.7 Å². The Labute approximate surface area is 120 Å². The summed E-state index contributed by atoms with van der Waals surface area (Å²) in [7, 11) is 0. The van der Waals surface area contributed by atoms with Gasteiger partial charge >= 0.3 is 0 Å². The van der Waals surface area contributed by atoms with Crippen molar-refractivity contribution in [1.82, 2.24) is 5.32 Å². The van der Waals surface area contributed by atoms with Gasteiger partial charge < -0.3 is 11.1 Å². The SMILES string of the molecule is NCC1CCCCC1C(=O)NC1Cc2ccccc2C1. The zero-order valence-electron chi connectivity index (χ0n) is 12.0. The molecule has 1 fully saturated rings. The van der Waals surface area contributed by atoms with Crippen molar-refractivity contribution in [3.05, 3.63) is 35.4 Å². The Morgan fingerprint density at radius 1 is 1.15 bits per heavy atom. The second kappa shape index (κ2) is 5.96. The summed E-state index contributed by atoms with van der Waals surface area (Å²) < 4.78 is 0. The third-order valence-corrected chi connectivity index (χ3v) is 4.95. The molecule has 0 radical (unpaired) electrons. The average molecular weight is 272 g/mol. The van der Waals surface area contributed by atoms with Crippen LogP contribution < -0.4 is 11.1 Å². The molecule has 0 spiro atoms. The van der Waals surface area contributed by atoms with Crippen molar-refractivity contribution in [3.8, 4) is 0 Å². The molecule has 20 heavy (non-hydrogen) atoms. The fraction of sp³-hybridized carbons (Fsp3) is 0.588. The molecule has 0 aliphatic heterocycles. The number of carbonyl (C=O) groups is 1. The van der Waals surface area contributed by atoms with Gasteiger partial charge in [-0.05, 0) is 49.3 Å². The standard InChI is InChI=1S/C17H24N2O/c18-11-14-7-3-4-8-16(14)17(20)19-15-9-12-5-1-2-6-13(12)10-15/h1-2,5-6,14-16H,3-4,7-11,18H2,(H,19,20). The highest BCUT2D eigenvalue weighted by atomic mass is 16.2. The van der Waals surface area contributed by atoms with Gasteiger partial charge in [-0.15, -0.1) is 0 Å². The van der Waals surface area contributed by atoms with E-state index in [4.69, 9.17) is 5.73 Å². The topological polar surface area (TPSA) is 55.1 Å². The summed E-state index contributed by atoms with van der Waals surface area (Å²) in [5.74, 6) is 0.753. The van der Waals surface area contributed by atoms with Gasteiger partial charge in [0.2, 0.25) is 5.91 Å². The molecule has 0 saturated heterocycles. The van der Waals surface area contributed by atoms with E-state index in [1.807, 2.05) is 0 Å². The molecule has 3 rings (SSSR count). The highest BCUT2D eigenvalue weighted by Crippen LogP contribution is 2.30. The van der Waals surface area contributed by atoms with Crippen molar-refractivity contribution in [1.29, 1.82) is 0 Å². The van der Waals surface area contributed by atoms with Gasteiger partial charge in [0.15, 0.2) is 0 Å². The Morgan fingerprint density at radius 3 is 2.45 bits per heavy atom. The molecule has 3 nitrogen and oxygen atoms in total. The number of nitrogens with one attached hydrogen (secondary N) is 1. The molecule has 108 valence electrons. The highest BCUT2D eigenvalue weighted by Gasteiger charge is 2.32. The van der Waals surface area contributed by atoms with Crippen molar-refractivity contribution in [2.24, 2.45) is 17.6 Å². The van der Waals surface area contributed by atoms with Crippen LogP contribution in [0.3, 0.4) is 0 Å². The summed E-state index contributed by atoms with van der Waals surface area (Å²) in [6.07, 6.45) is 6.46. The van der Waals surface area contributed by atoms with Gasteiger partial charge in [0.1, 0.15) is 0 Å². The maximum Gasteiger partial charge on any atom is 0.223 e. The third-order valence-electron chi connectivity index (χ3n) is 4.95. The number of carbonyl (C=O) groups excluding carboxylic acids is 1. The van der Waals surface area contributed by atoms with Gasteiger partial charge in [0.05, 0.1) is 0 Å². The lowest BCUT2D eigenvalue weighted by atomic mass is 9.78. The molecule has 2 unspecified atom stereocenters. The Kier molecular flexibility index (Phi) is 4.06. The van der Waals surface area contributed by atoms with Gasteiger partial charge in [-0.2, -0.15) is 0 Å². The van der Waals surface area contributed by atoms with Crippen LogP contribution in [0.5, 0.6) is 0 Å². The molecule has 2 atom stereocenters. The van der Waals surface area contributed by atoms with E-state index < -0.39 is 0 Å². The van der Waals surface area contributed by atoms with Gasteiger partial charge in [-0.1, -0.05) is 37.1 Å². The summed E-state index contributed by atoms with van der Waals surface area (Å²) in [6.45, 7) is 0.642. The van der Waals surface area contributed by atoms with Crippen LogP contribution in [0, 0.1) is 11.8 Å². The van der Waals surface area contributed by atoms with Crippen LogP contribution in [0.2, 0.25) is 0 Å². The predicted molar refractivity (Wildman–Crippen MR) is 80.3 cm³/mol. The van der Waals surface area contributed by atoms with E-state index >= 15 is 0 Å². The molecular formula is C17H24N2O. The number of amides is 1. The van der Waals surface area contributed by atoms with E-state index in [9.17, 15) is 4.79 Å². The second-order valence-electron chi connectivity index (χ2n) is 6.27. The smallest absolute Gasteiger partial charge is 0.223 e. The Hall–Kier alpha value is -1.35. The monoisotopic (exact) mass is 272 g/mol. The van der Waals surface area contributed by atoms with Gasteiger partial charge in [-0.3, -0.25) is 4.79 Å². The number of rotatable bonds is 3. The van der Waals surface area contributed by atoms with Crippen LogP contribution in [0.15, 0.2) is 24.3 Å². The molecule has 0 bridgehead atoms. The normalized spacial score (nSPS) is 26.2. The minimum atomic E-state index is 0.137. The van der Waals surface area contributed by atoms with Crippen molar-refractivity contribution >= 4 is 5.91 Å². The molecule has 3 heteroatoms. The molecule has 1 aromatic carbocycles. The summed E-state index contributed by atoms with van der Waals surface area (Å²) in [5.41, 5.74) is 8.60. The third kappa shape index (κ3) is 2.73. The van der Waals surface area contributed by atoms with Crippen LogP contribution in [0.1, 0.15) is 36.8 Å². The van der Waals surface area contributed by atoms with Crippen molar-refractivity contribution in [2.45, 2.75) is 44.6 Å². The van der Waals surface area contributed by atoms with Gasteiger partial charge in [-0.25, -0.2) is 0 Å². The Morgan fingerprint density at radius 2 is 1.80 bits per heavy atom. The summed E-state index contributed by atoms with van der Waals surface area (Å²) in [4.78, 5) is 12.5. The van der Waals surface area contributed by atoms with Crippen LogP contribution in [-0.4, -0.2) is 18.5 Å². The summed E-state index contributed by atoms with van der Waals surface area (Å²) in [6, 6.07) is 8.78. The van der Waals surface area contributed by atoms with E-state index in [-0.39, 0.29) is 17.9 Å². The summed E-state index contributed by atoms with van der Waals surface area (Å²) in [5, 5.41) is 3.27. The number of benzene rings is 1. The zero-order chi connectivity index (χ0) is 13.9. The van der Waals surface area contributed by atoms with E-state index in [0.29, 0.717) is 12.5 Å². The zero-order valence-corrected chi connectivity index (χ0v) is 12.0. The summed E-state index contributed by atoms with van der Waals surface area (Å²) >= 11 is 0. The lowest BCUT2D eigenvalue weighted by molar-refractivity contribution is -0.128. The van der Waals surface area contributed by atoms with E-state index in [2.05, 4.69) is 29.6 Å². The van der Waals surface area contributed by atoms with Crippen molar-refractivity contribution in [3.63, 3.8) is 0 Å². The van der Waals surface area contributed by atoms with Crippen LogP contribution in [0.4, 0.5) is 0 Å². The molecule has 0 aromatic heterocycles. The van der Waals surface area contributed by atoms with E-state index in [1.54, 1.807) is 0 Å². The largest absolute Gasteiger partial charge is 0.352 e. The van der Waals surface area contributed by atoms with Crippen LogP contribution >= 0.6 is 0 Å². The number of hydrogen-bond acceptors (Lipinski definition) is 2. The number of fused-ring (bicyclic) bond motifs is 1. The average Bonchev–Trinajstić information content (AvgIpc) is 2.89. The lowest BCUT2D eigenvalue weighted by Gasteiger charge is -2.30. The molecule has 1 saturated carbocycles. The fourth-order valence-corrected chi connectivity index (χ4v) is 3.80. The molecule has 1 amide bonds. The second-order valence-corrected chi connectivity index (χ2v) is 6.27. The first-order valence-corrected chi connectivity index (χ1v) is 7.85. The number of hydrogen-bond donors (Lipinski definition) is 2. The molecule has 3 N–H and O–H groups in total. The molecule has 0 heterocycles. The first kappa shape index (κ1) is 13.6. The quantitative estimate of drug-likeness (QED) is 0.884. The predicted octanol–water partition coefficient (Wildman–Crippen LogP) is 2.04. The minimum Gasteiger partial charge on any atom is -0.352 e. The fourth-order valence-electron chi connectivity index (χ4n) is 3.80. The van der Waals surface area contributed by atoms with Crippen molar-refractivity contribution < 1.29 is 4.79 Å². The number of nitrogens with two attached hydrogens (primary N) is 1. The van der Waals surface area contributed by atoms with Gasteiger partial charge in [0.25, 0.3) is 0 Å². The first-order chi connectivity index (χ1) is 9.78. The van der Waals surface area contributed by atoms with Crippen LogP contribution in [-0.2, 0) is 17.6 Å². The van der Waals surface area contributed by atoms with Crippen molar-refractivity contribution in [2.75, 3.05) is 6.54 Å². The van der Waals surface area contributed by atoms with E-state index in [1.165, 1.54) is 24.0 Å². The Bertz CT molecular complexity index is 461. The maximum atomic E-state index is 12.5. The molecular weight excluding hydrogens is 248 g/mol. The molecule has 1 aromatic rings. The first-order valence-electron chi connectivity index (χ1n) is 7.85. The maximum absolute atomic E-state index is 12.5. The molecule has 2 aliphatic rings. The molecule has 2 aliphatic carbocycles. The Balaban J connectivity index is 1.60.